The molecule has 0 spiro atoms. The van der Waals surface area contributed by atoms with E-state index in [1.165, 1.54) is 16.7 Å². The summed E-state index contributed by atoms with van der Waals surface area (Å²) in [5, 5.41) is 0.324. The van der Waals surface area contributed by atoms with E-state index in [0.717, 1.165) is 0 Å². The molecular weight excluding hydrogens is 215 g/mol. The molecule has 0 fully saturated rings. The fourth-order valence-corrected chi connectivity index (χ4v) is 1.84. The molecule has 78 valence electrons. The minimum Gasteiger partial charge on any atom is -0.329 e. The highest BCUT2D eigenvalue weighted by atomic mass is 32.1. The molecule has 3 nitrogen and oxygen atoms in total. The number of hydrogen-bond acceptors (Lipinski definition) is 2. The summed E-state index contributed by atoms with van der Waals surface area (Å²) in [5.41, 5.74) is -0.0760. The molecule has 0 aliphatic rings. The molecule has 0 saturated carbocycles. The molecule has 0 aliphatic heterocycles. The van der Waals surface area contributed by atoms with Crippen LogP contribution in [0, 0.1) is 10.6 Å². The van der Waals surface area contributed by atoms with Gasteiger partial charge in [-0.15, -0.1) is 0 Å². The van der Waals surface area contributed by atoms with Gasteiger partial charge < -0.3 is 4.98 Å². The fourth-order valence-electron chi connectivity index (χ4n) is 1.53. The average molecular weight is 224 g/mol. The van der Waals surface area contributed by atoms with E-state index >= 15 is 0 Å². The van der Waals surface area contributed by atoms with Gasteiger partial charge in [-0.2, -0.15) is 0 Å². The molecule has 0 radical (unpaired) electrons. The number of halogens is 1. The van der Waals surface area contributed by atoms with Crippen molar-refractivity contribution in [2.75, 3.05) is 0 Å². The van der Waals surface area contributed by atoms with E-state index < -0.39 is 5.82 Å². The number of aromatic nitrogens is 2. The first-order valence-corrected chi connectivity index (χ1v) is 4.97. The quantitative estimate of drug-likeness (QED) is 0.754. The van der Waals surface area contributed by atoms with Gasteiger partial charge in [0.15, 0.2) is 4.77 Å². The molecule has 0 aliphatic carbocycles. The Bertz CT molecular complexity index is 629. The number of benzene rings is 1. The Hall–Kier alpha value is -1.49. The summed E-state index contributed by atoms with van der Waals surface area (Å²) in [6, 6.07) is 4.39. The van der Waals surface area contributed by atoms with Crippen LogP contribution in [-0.4, -0.2) is 9.55 Å². The van der Waals surface area contributed by atoms with Crippen LogP contribution < -0.4 is 5.56 Å². The largest absolute Gasteiger partial charge is 0.329 e. The van der Waals surface area contributed by atoms with E-state index in [1.54, 1.807) is 6.07 Å². The molecule has 2 aromatic rings. The van der Waals surface area contributed by atoms with Crippen LogP contribution in [0.2, 0.25) is 0 Å². The van der Waals surface area contributed by atoms with Crippen LogP contribution >= 0.6 is 12.2 Å². The number of nitrogens with one attached hydrogen (secondary N) is 1. The molecule has 5 heteroatoms. The summed E-state index contributed by atoms with van der Waals surface area (Å²) in [7, 11) is 0. The molecule has 1 aromatic carbocycles. The molecule has 0 saturated heterocycles. The first-order chi connectivity index (χ1) is 7.15. The van der Waals surface area contributed by atoms with Crippen molar-refractivity contribution in [1.29, 1.82) is 0 Å². The number of para-hydroxylation sites is 1. The standard InChI is InChI=1S/C10H9FN2OS/c1-2-13-9(14)6-4-3-5-7(11)8(6)12-10(13)15/h3-5H,2H2,1H3,(H,12,15). The molecule has 2 rings (SSSR count). The first kappa shape index (κ1) is 10.0. The second-order valence-corrected chi connectivity index (χ2v) is 3.53. The molecule has 1 N–H and O–H groups in total. The summed E-state index contributed by atoms with van der Waals surface area (Å²) >= 11 is 4.97. The monoisotopic (exact) mass is 224 g/mol. The van der Waals surface area contributed by atoms with E-state index in [-0.39, 0.29) is 15.8 Å². The van der Waals surface area contributed by atoms with Crippen molar-refractivity contribution < 1.29 is 4.39 Å². The van der Waals surface area contributed by atoms with E-state index in [4.69, 9.17) is 12.2 Å². The van der Waals surface area contributed by atoms with Crippen LogP contribution in [0.25, 0.3) is 10.9 Å². The van der Waals surface area contributed by atoms with Crippen molar-refractivity contribution in [3.8, 4) is 0 Å². The summed E-state index contributed by atoms with van der Waals surface area (Å²) in [5.74, 6) is -0.459. The minimum atomic E-state index is -0.459. The third kappa shape index (κ3) is 1.48. The molecule has 0 amide bonds. The highest BCUT2D eigenvalue weighted by Gasteiger charge is 2.06. The predicted molar refractivity (Wildman–Crippen MR) is 59.0 cm³/mol. The summed E-state index contributed by atoms with van der Waals surface area (Å²) in [6.07, 6.45) is 0. The smallest absolute Gasteiger partial charge is 0.262 e. The number of aromatic amines is 1. The molecular formula is C10H9FN2OS. The lowest BCUT2D eigenvalue weighted by molar-refractivity contribution is 0.632. The number of fused-ring (bicyclic) bond motifs is 1. The van der Waals surface area contributed by atoms with Gasteiger partial charge in [-0.3, -0.25) is 9.36 Å². The lowest BCUT2D eigenvalue weighted by Gasteiger charge is -2.05. The summed E-state index contributed by atoms with van der Waals surface area (Å²) in [4.78, 5) is 14.6. The van der Waals surface area contributed by atoms with Gasteiger partial charge in [0.2, 0.25) is 0 Å². The topological polar surface area (TPSA) is 37.8 Å². The predicted octanol–water partition coefficient (Wildman–Crippen LogP) is 2.22. The van der Waals surface area contributed by atoms with Crippen molar-refractivity contribution in [1.82, 2.24) is 9.55 Å². The fraction of sp³-hybridized carbons (Fsp3) is 0.200. The summed E-state index contributed by atoms with van der Waals surface area (Å²) in [6.45, 7) is 2.29. The average Bonchev–Trinajstić information content (AvgIpc) is 2.20. The highest BCUT2D eigenvalue weighted by Crippen LogP contribution is 2.11. The second-order valence-electron chi connectivity index (χ2n) is 3.14. The maximum absolute atomic E-state index is 13.4. The van der Waals surface area contributed by atoms with Crippen LogP contribution in [0.15, 0.2) is 23.0 Å². The van der Waals surface area contributed by atoms with Crippen LogP contribution in [0.4, 0.5) is 4.39 Å². The van der Waals surface area contributed by atoms with Crippen molar-refractivity contribution >= 4 is 23.1 Å². The zero-order valence-electron chi connectivity index (χ0n) is 8.08. The van der Waals surface area contributed by atoms with E-state index in [1.807, 2.05) is 6.92 Å². The van der Waals surface area contributed by atoms with Gasteiger partial charge >= 0.3 is 0 Å². The Balaban J connectivity index is 3.05. The SMILES string of the molecule is CCn1c(=S)[nH]c2c(F)cccc2c1=O. The molecule has 0 atom stereocenters. The van der Waals surface area contributed by atoms with E-state index in [2.05, 4.69) is 4.98 Å². The molecule has 1 aromatic heterocycles. The normalized spacial score (nSPS) is 10.8. The Morgan fingerprint density at radius 2 is 2.27 bits per heavy atom. The third-order valence-corrected chi connectivity index (χ3v) is 2.60. The Morgan fingerprint density at radius 3 is 2.93 bits per heavy atom. The van der Waals surface area contributed by atoms with Crippen LogP contribution in [-0.2, 0) is 6.54 Å². The number of H-pyrrole nitrogens is 1. The van der Waals surface area contributed by atoms with Crippen LogP contribution in [0.5, 0.6) is 0 Å². The van der Waals surface area contributed by atoms with Gasteiger partial charge in [0.1, 0.15) is 5.82 Å². The molecule has 0 bridgehead atoms. The summed E-state index contributed by atoms with van der Waals surface area (Å²) < 4.78 is 15.0. The van der Waals surface area contributed by atoms with Gasteiger partial charge in [0.25, 0.3) is 5.56 Å². The Morgan fingerprint density at radius 1 is 1.53 bits per heavy atom. The maximum Gasteiger partial charge on any atom is 0.262 e. The first-order valence-electron chi connectivity index (χ1n) is 4.56. The van der Waals surface area contributed by atoms with Crippen molar-refractivity contribution in [2.24, 2.45) is 0 Å². The van der Waals surface area contributed by atoms with Crippen molar-refractivity contribution in [3.05, 3.63) is 39.1 Å². The zero-order valence-corrected chi connectivity index (χ0v) is 8.90. The zero-order chi connectivity index (χ0) is 11.0. The van der Waals surface area contributed by atoms with Gasteiger partial charge in [-0.1, -0.05) is 6.07 Å². The van der Waals surface area contributed by atoms with Gasteiger partial charge in [0, 0.05) is 6.54 Å². The second kappa shape index (κ2) is 3.58. The van der Waals surface area contributed by atoms with Gasteiger partial charge in [-0.05, 0) is 31.3 Å². The molecule has 0 unspecified atom stereocenters. The number of nitrogens with zero attached hydrogens (tertiary/aromatic N) is 1. The Kier molecular flexibility index (Phi) is 2.40. The van der Waals surface area contributed by atoms with E-state index in [0.29, 0.717) is 11.9 Å². The van der Waals surface area contributed by atoms with Gasteiger partial charge in [-0.25, -0.2) is 4.39 Å². The lowest BCUT2D eigenvalue weighted by atomic mass is 10.2. The van der Waals surface area contributed by atoms with E-state index in [9.17, 15) is 9.18 Å². The van der Waals surface area contributed by atoms with Crippen molar-refractivity contribution in [3.63, 3.8) is 0 Å². The van der Waals surface area contributed by atoms with Crippen LogP contribution in [0.3, 0.4) is 0 Å². The molecule has 15 heavy (non-hydrogen) atoms. The maximum atomic E-state index is 13.4. The minimum absolute atomic E-state index is 0.178. The Labute approximate surface area is 90.2 Å². The molecule has 1 heterocycles. The number of hydrogen-bond donors (Lipinski definition) is 1. The highest BCUT2D eigenvalue weighted by molar-refractivity contribution is 7.71. The third-order valence-electron chi connectivity index (χ3n) is 2.28. The number of rotatable bonds is 1. The lowest BCUT2D eigenvalue weighted by Crippen LogP contribution is -2.21. The van der Waals surface area contributed by atoms with Crippen molar-refractivity contribution in [2.45, 2.75) is 13.5 Å². The van der Waals surface area contributed by atoms with Crippen LogP contribution in [0.1, 0.15) is 6.92 Å². The van der Waals surface area contributed by atoms with Gasteiger partial charge in [0.05, 0.1) is 10.9 Å².